The molecule has 0 aliphatic carbocycles. The number of anilines is 1. The number of alkyl halides is 5. The van der Waals surface area contributed by atoms with Crippen molar-refractivity contribution < 1.29 is 31.5 Å². The summed E-state index contributed by atoms with van der Waals surface area (Å²) in [7, 11) is 0. The minimum Gasteiger partial charge on any atom is -0.435 e. The molecule has 0 saturated heterocycles. The van der Waals surface area contributed by atoms with Gasteiger partial charge in [0.05, 0.1) is 16.3 Å². The van der Waals surface area contributed by atoms with Gasteiger partial charge in [0.2, 0.25) is 5.91 Å². The summed E-state index contributed by atoms with van der Waals surface area (Å²) in [6.45, 7) is -2.96. The molecule has 2 heterocycles. The van der Waals surface area contributed by atoms with Crippen molar-refractivity contribution in [1.82, 2.24) is 14.6 Å². The molecule has 0 atom stereocenters. The van der Waals surface area contributed by atoms with Crippen molar-refractivity contribution in [2.75, 3.05) is 11.1 Å². The lowest BCUT2D eigenvalue weighted by Gasteiger charge is -2.09. The Hall–Kier alpha value is -2.60. The third-order valence-corrected chi connectivity index (χ3v) is 4.67. The van der Waals surface area contributed by atoms with Gasteiger partial charge in [0.25, 0.3) is 0 Å². The monoisotopic (exact) mass is 452 g/mol. The number of ether oxygens (including phenoxy) is 1. The summed E-state index contributed by atoms with van der Waals surface area (Å²) < 4.78 is 68.3. The fraction of sp³-hybridized carbons (Fsp3) is 0.188. The molecule has 1 amide bonds. The van der Waals surface area contributed by atoms with Crippen LogP contribution in [0.3, 0.4) is 0 Å². The smallest absolute Gasteiger partial charge is 0.417 e. The molecule has 0 saturated carbocycles. The van der Waals surface area contributed by atoms with Crippen LogP contribution in [0.15, 0.2) is 41.7 Å². The molecule has 3 aromatic rings. The van der Waals surface area contributed by atoms with Crippen LogP contribution in [-0.4, -0.2) is 32.9 Å². The van der Waals surface area contributed by atoms with Crippen LogP contribution in [-0.2, 0) is 11.0 Å². The molecule has 13 heteroatoms. The molecule has 6 nitrogen and oxygen atoms in total. The molecule has 0 bridgehead atoms. The Kier molecular flexibility index (Phi) is 6.13. The van der Waals surface area contributed by atoms with E-state index in [-0.39, 0.29) is 27.3 Å². The number of nitrogens with one attached hydrogen (secondary N) is 1. The second-order valence-electron chi connectivity index (χ2n) is 5.49. The molecule has 0 radical (unpaired) electrons. The molecular weight excluding hydrogens is 443 g/mol. The molecule has 0 fully saturated rings. The van der Waals surface area contributed by atoms with Crippen LogP contribution < -0.4 is 10.1 Å². The number of benzene rings is 1. The molecule has 1 N–H and O–H groups in total. The van der Waals surface area contributed by atoms with Crippen LogP contribution in [0.4, 0.5) is 27.6 Å². The average molecular weight is 453 g/mol. The molecule has 0 aliphatic heterocycles. The molecule has 154 valence electrons. The highest BCUT2D eigenvalue weighted by Crippen LogP contribution is 2.33. The van der Waals surface area contributed by atoms with Crippen molar-refractivity contribution in [1.29, 1.82) is 0 Å². The number of carbonyl (C=O) groups is 1. The van der Waals surface area contributed by atoms with Gasteiger partial charge in [-0.05, 0) is 30.3 Å². The molecule has 2 aromatic heterocycles. The first kappa shape index (κ1) is 21.1. The number of aromatic nitrogens is 3. The summed E-state index contributed by atoms with van der Waals surface area (Å²) in [6.07, 6.45) is -3.81. The molecule has 0 unspecified atom stereocenters. The van der Waals surface area contributed by atoms with Gasteiger partial charge in [-0.2, -0.15) is 22.0 Å². The minimum absolute atomic E-state index is 0.0252. The van der Waals surface area contributed by atoms with Gasteiger partial charge in [0, 0.05) is 11.9 Å². The minimum atomic E-state index is -4.61. The van der Waals surface area contributed by atoms with E-state index >= 15 is 0 Å². The van der Waals surface area contributed by atoms with E-state index in [0.717, 1.165) is 28.4 Å². The first-order chi connectivity index (χ1) is 13.6. The summed E-state index contributed by atoms with van der Waals surface area (Å²) >= 11 is 6.68. The van der Waals surface area contributed by atoms with Crippen molar-refractivity contribution in [2.45, 2.75) is 17.9 Å². The first-order valence-electron chi connectivity index (χ1n) is 7.72. The van der Waals surface area contributed by atoms with Crippen molar-refractivity contribution in [3.63, 3.8) is 0 Å². The molecule has 3 rings (SSSR count). The maximum atomic E-state index is 13.0. The van der Waals surface area contributed by atoms with Gasteiger partial charge in [0.15, 0.2) is 10.8 Å². The van der Waals surface area contributed by atoms with E-state index in [0.29, 0.717) is 5.69 Å². The summed E-state index contributed by atoms with van der Waals surface area (Å²) in [4.78, 5) is 12.1. The van der Waals surface area contributed by atoms with E-state index in [2.05, 4.69) is 20.3 Å². The van der Waals surface area contributed by atoms with Gasteiger partial charge >= 0.3 is 12.8 Å². The number of fused-ring (bicyclic) bond motifs is 1. The molecule has 1 aromatic carbocycles. The Morgan fingerprint density at radius 1 is 1.24 bits per heavy atom. The molecule has 29 heavy (non-hydrogen) atoms. The van der Waals surface area contributed by atoms with Gasteiger partial charge in [-0.3, -0.25) is 9.20 Å². The number of nitrogens with zero attached hydrogens (tertiary/aromatic N) is 3. The van der Waals surface area contributed by atoms with Gasteiger partial charge in [0.1, 0.15) is 5.75 Å². The number of rotatable bonds is 6. The first-order valence-corrected chi connectivity index (χ1v) is 9.09. The topological polar surface area (TPSA) is 68.5 Å². The van der Waals surface area contributed by atoms with Crippen LogP contribution >= 0.6 is 23.4 Å². The predicted octanol–water partition coefficient (Wildman–Crippen LogP) is 4.73. The third-order valence-electron chi connectivity index (χ3n) is 3.45. The molecular formula is C16H10ClF5N4O2S. The van der Waals surface area contributed by atoms with Crippen LogP contribution in [0.5, 0.6) is 5.75 Å². The Balaban J connectivity index is 1.67. The Labute approximate surface area is 169 Å². The SMILES string of the molecule is O=C(CSc1nnc2c(Cl)cc(C(F)(F)F)cn12)Nc1ccc(OC(F)F)cc1. The number of halogens is 6. The van der Waals surface area contributed by atoms with Crippen LogP contribution in [0, 0.1) is 0 Å². The van der Waals surface area contributed by atoms with Gasteiger partial charge < -0.3 is 10.1 Å². The van der Waals surface area contributed by atoms with E-state index in [1.807, 2.05) is 0 Å². The van der Waals surface area contributed by atoms with E-state index in [1.165, 1.54) is 24.3 Å². The number of hydrogen-bond donors (Lipinski definition) is 1. The summed E-state index contributed by atoms with van der Waals surface area (Å²) in [5.41, 5.74) is -0.630. The van der Waals surface area contributed by atoms with Crippen molar-refractivity contribution >= 4 is 40.6 Å². The highest BCUT2D eigenvalue weighted by atomic mass is 35.5. The highest BCUT2D eigenvalue weighted by molar-refractivity contribution is 7.99. The quantitative estimate of drug-likeness (QED) is 0.432. The van der Waals surface area contributed by atoms with Crippen LogP contribution in [0.1, 0.15) is 5.56 Å². The Morgan fingerprint density at radius 2 is 1.93 bits per heavy atom. The zero-order chi connectivity index (χ0) is 21.2. The van der Waals surface area contributed by atoms with E-state index in [9.17, 15) is 26.7 Å². The van der Waals surface area contributed by atoms with E-state index in [4.69, 9.17) is 11.6 Å². The largest absolute Gasteiger partial charge is 0.435 e. The fourth-order valence-electron chi connectivity index (χ4n) is 2.23. The number of hydrogen-bond acceptors (Lipinski definition) is 5. The zero-order valence-electron chi connectivity index (χ0n) is 14.1. The van der Waals surface area contributed by atoms with Gasteiger partial charge in [-0.1, -0.05) is 23.4 Å². The fourth-order valence-corrected chi connectivity index (χ4v) is 3.19. The van der Waals surface area contributed by atoms with E-state index in [1.54, 1.807) is 0 Å². The third kappa shape index (κ3) is 5.26. The number of pyridine rings is 1. The maximum Gasteiger partial charge on any atom is 0.417 e. The lowest BCUT2D eigenvalue weighted by Crippen LogP contribution is -2.14. The van der Waals surface area contributed by atoms with E-state index < -0.39 is 24.3 Å². The second-order valence-corrected chi connectivity index (χ2v) is 6.84. The Bertz CT molecular complexity index is 1030. The normalized spacial score (nSPS) is 11.8. The molecule has 0 spiro atoms. The van der Waals surface area contributed by atoms with Gasteiger partial charge in [-0.25, -0.2) is 0 Å². The Morgan fingerprint density at radius 3 is 2.55 bits per heavy atom. The molecule has 0 aliphatic rings. The van der Waals surface area contributed by atoms with Crippen molar-refractivity contribution in [3.05, 3.63) is 47.1 Å². The van der Waals surface area contributed by atoms with Crippen LogP contribution in [0.2, 0.25) is 5.02 Å². The highest BCUT2D eigenvalue weighted by Gasteiger charge is 2.32. The van der Waals surface area contributed by atoms with Crippen molar-refractivity contribution in [3.8, 4) is 5.75 Å². The standard InChI is InChI=1S/C16H10ClF5N4O2S/c17-11-5-8(16(20,21)22)6-26-13(11)24-25-15(26)29-7-12(27)23-9-1-3-10(4-2-9)28-14(18)19/h1-6,14H,7H2,(H,23,27). The summed E-state index contributed by atoms with van der Waals surface area (Å²) in [5.74, 6) is -0.753. The second kappa shape index (κ2) is 8.41. The predicted molar refractivity (Wildman–Crippen MR) is 95.4 cm³/mol. The number of carbonyl (C=O) groups excluding carboxylic acids is 1. The summed E-state index contributed by atoms with van der Waals surface area (Å²) in [5, 5.41) is 9.81. The maximum absolute atomic E-state index is 13.0. The zero-order valence-corrected chi connectivity index (χ0v) is 15.7. The number of amides is 1. The average Bonchev–Trinajstić information content (AvgIpc) is 3.04. The lowest BCUT2D eigenvalue weighted by atomic mass is 10.3. The van der Waals surface area contributed by atoms with Crippen LogP contribution in [0.25, 0.3) is 5.65 Å². The van der Waals surface area contributed by atoms with Gasteiger partial charge in [-0.15, -0.1) is 10.2 Å². The summed E-state index contributed by atoms with van der Waals surface area (Å²) in [6, 6.07) is 5.97. The van der Waals surface area contributed by atoms with Crippen molar-refractivity contribution in [2.24, 2.45) is 0 Å². The lowest BCUT2D eigenvalue weighted by molar-refractivity contribution is -0.137. The number of thioether (sulfide) groups is 1.